The summed E-state index contributed by atoms with van der Waals surface area (Å²) in [7, 11) is 0. The molecule has 2 unspecified atom stereocenters. The van der Waals surface area contributed by atoms with Crippen molar-refractivity contribution >= 4 is 27.5 Å². The maximum absolute atomic E-state index is 10.3. The fourth-order valence-corrected chi connectivity index (χ4v) is 2.40. The molecular formula is C12H17BrClNO. The van der Waals surface area contributed by atoms with Crippen LogP contribution in [0.15, 0.2) is 22.7 Å². The fourth-order valence-electron chi connectivity index (χ4n) is 1.74. The Bertz CT molecular complexity index is 357. The van der Waals surface area contributed by atoms with Gasteiger partial charge in [-0.3, -0.25) is 0 Å². The van der Waals surface area contributed by atoms with Crippen LogP contribution in [-0.2, 0) is 0 Å². The normalized spacial score (nSPS) is 15.2. The lowest BCUT2D eigenvalue weighted by Crippen LogP contribution is -2.26. The summed E-state index contributed by atoms with van der Waals surface area (Å²) in [5, 5.41) is 10.9. The molecule has 0 fully saturated rings. The third-order valence-electron chi connectivity index (χ3n) is 2.81. The van der Waals surface area contributed by atoms with Crippen LogP contribution >= 0.6 is 27.5 Å². The van der Waals surface area contributed by atoms with Crippen molar-refractivity contribution < 1.29 is 5.11 Å². The van der Waals surface area contributed by atoms with Gasteiger partial charge in [0.15, 0.2) is 0 Å². The van der Waals surface area contributed by atoms with Crippen LogP contribution in [0.5, 0.6) is 0 Å². The van der Waals surface area contributed by atoms with Crippen molar-refractivity contribution in [1.82, 2.24) is 0 Å². The molecule has 0 radical (unpaired) electrons. The van der Waals surface area contributed by atoms with E-state index in [1.807, 2.05) is 6.07 Å². The van der Waals surface area contributed by atoms with Crippen molar-refractivity contribution in [1.29, 1.82) is 0 Å². The minimum absolute atomic E-state index is 0.0368. The van der Waals surface area contributed by atoms with Gasteiger partial charge in [0.2, 0.25) is 0 Å². The van der Waals surface area contributed by atoms with Crippen molar-refractivity contribution in [3.63, 3.8) is 0 Å². The molecule has 0 saturated heterocycles. The molecule has 2 atom stereocenters. The van der Waals surface area contributed by atoms with Gasteiger partial charge in [-0.05, 0) is 36.2 Å². The maximum atomic E-state index is 10.3. The highest BCUT2D eigenvalue weighted by atomic mass is 79.9. The van der Waals surface area contributed by atoms with Gasteiger partial charge in [-0.15, -0.1) is 0 Å². The largest absolute Gasteiger partial charge is 0.388 e. The van der Waals surface area contributed by atoms with E-state index < -0.39 is 6.10 Å². The van der Waals surface area contributed by atoms with Crippen molar-refractivity contribution in [2.75, 3.05) is 6.54 Å². The molecule has 16 heavy (non-hydrogen) atoms. The van der Waals surface area contributed by atoms with E-state index in [4.69, 9.17) is 17.3 Å². The molecule has 0 saturated carbocycles. The van der Waals surface area contributed by atoms with E-state index in [9.17, 15) is 5.11 Å². The van der Waals surface area contributed by atoms with Gasteiger partial charge in [0.25, 0.3) is 0 Å². The van der Waals surface area contributed by atoms with Gasteiger partial charge < -0.3 is 10.8 Å². The van der Waals surface area contributed by atoms with Crippen LogP contribution in [-0.4, -0.2) is 11.7 Å². The molecule has 0 aromatic heterocycles. The molecule has 3 N–H and O–H groups in total. The van der Waals surface area contributed by atoms with Gasteiger partial charge in [0, 0.05) is 15.4 Å². The van der Waals surface area contributed by atoms with Crippen molar-refractivity contribution in [2.45, 2.75) is 20.0 Å². The lowest BCUT2D eigenvalue weighted by molar-refractivity contribution is 0.0855. The molecule has 0 bridgehead atoms. The van der Waals surface area contributed by atoms with Crippen LogP contribution in [0, 0.1) is 11.8 Å². The van der Waals surface area contributed by atoms with Gasteiger partial charge in [-0.2, -0.15) is 0 Å². The van der Waals surface area contributed by atoms with E-state index >= 15 is 0 Å². The average Bonchev–Trinajstić information content (AvgIpc) is 2.22. The van der Waals surface area contributed by atoms with Crippen molar-refractivity contribution in [3.05, 3.63) is 33.3 Å². The monoisotopic (exact) mass is 305 g/mol. The first kappa shape index (κ1) is 14.0. The second kappa shape index (κ2) is 6.01. The molecule has 0 aliphatic heterocycles. The molecule has 0 aliphatic carbocycles. The Morgan fingerprint density at radius 3 is 2.56 bits per heavy atom. The molecule has 1 rings (SSSR count). The minimum Gasteiger partial charge on any atom is -0.388 e. The maximum Gasteiger partial charge on any atom is 0.0844 e. The Balaban J connectivity index is 3.02. The van der Waals surface area contributed by atoms with Crippen LogP contribution in [0.3, 0.4) is 0 Å². The average molecular weight is 307 g/mol. The summed E-state index contributed by atoms with van der Waals surface area (Å²) in [5.41, 5.74) is 6.49. The molecule has 1 aromatic carbocycles. The number of aliphatic hydroxyl groups is 1. The van der Waals surface area contributed by atoms with Gasteiger partial charge in [-0.25, -0.2) is 0 Å². The summed E-state index contributed by atoms with van der Waals surface area (Å²) in [4.78, 5) is 0. The second-order valence-electron chi connectivity index (χ2n) is 4.25. The number of halogens is 2. The third kappa shape index (κ3) is 3.20. The molecule has 2 nitrogen and oxygen atoms in total. The number of hydrogen-bond acceptors (Lipinski definition) is 2. The number of nitrogens with two attached hydrogens (primary N) is 1. The standard InChI is InChI=1S/C12H17BrClNO/c1-7(2)10(6-15)12(16)9-5-8(14)3-4-11(9)13/h3-5,7,10,12,16H,6,15H2,1-2H3. The summed E-state index contributed by atoms with van der Waals surface area (Å²) in [5.74, 6) is 0.362. The van der Waals surface area contributed by atoms with Gasteiger partial charge in [-0.1, -0.05) is 41.4 Å². The van der Waals surface area contributed by atoms with E-state index in [1.165, 1.54) is 0 Å². The Morgan fingerprint density at radius 1 is 1.44 bits per heavy atom. The Morgan fingerprint density at radius 2 is 2.06 bits per heavy atom. The van der Waals surface area contributed by atoms with E-state index in [1.54, 1.807) is 12.1 Å². The number of hydrogen-bond donors (Lipinski definition) is 2. The Hall–Kier alpha value is -0.0900. The van der Waals surface area contributed by atoms with Gasteiger partial charge in [0.1, 0.15) is 0 Å². The second-order valence-corrected chi connectivity index (χ2v) is 5.55. The quantitative estimate of drug-likeness (QED) is 0.896. The van der Waals surface area contributed by atoms with Crippen LogP contribution in [0.1, 0.15) is 25.5 Å². The van der Waals surface area contributed by atoms with Crippen LogP contribution in [0.2, 0.25) is 5.02 Å². The summed E-state index contributed by atoms with van der Waals surface area (Å²) in [6, 6.07) is 5.41. The number of rotatable bonds is 4. The van der Waals surface area contributed by atoms with E-state index in [-0.39, 0.29) is 5.92 Å². The molecule has 0 heterocycles. The summed E-state index contributed by atoms with van der Waals surface area (Å²) in [6.45, 7) is 4.57. The first-order valence-corrected chi connectivity index (χ1v) is 6.47. The smallest absolute Gasteiger partial charge is 0.0844 e. The first-order chi connectivity index (χ1) is 7.47. The Kier molecular flexibility index (Phi) is 5.25. The van der Waals surface area contributed by atoms with Crippen molar-refractivity contribution in [2.24, 2.45) is 17.6 Å². The molecule has 4 heteroatoms. The van der Waals surface area contributed by atoms with Crippen LogP contribution in [0.25, 0.3) is 0 Å². The van der Waals surface area contributed by atoms with Gasteiger partial charge >= 0.3 is 0 Å². The third-order valence-corrected chi connectivity index (χ3v) is 3.77. The Labute approximate surface area is 110 Å². The first-order valence-electron chi connectivity index (χ1n) is 5.30. The van der Waals surface area contributed by atoms with E-state index in [2.05, 4.69) is 29.8 Å². The summed E-state index contributed by atoms with van der Waals surface area (Å²) in [6.07, 6.45) is -0.585. The zero-order chi connectivity index (χ0) is 12.3. The summed E-state index contributed by atoms with van der Waals surface area (Å²) < 4.78 is 0.864. The highest BCUT2D eigenvalue weighted by Crippen LogP contribution is 2.33. The molecular weight excluding hydrogens is 289 g/mol. The topological polar surface area (TPSA) is 46.2 Å². The van der Waals surface area contributed by atoms with Crippen LogP contribution in [0.4, 0.5) is 0 Å². The molecule has 0 spiro atoms. The minimum atomic E-state index is -0.585. The van der Waals surface area contributed by atoms with Crippen molar-refractivity contribution in [3.8, 4) is 0 Å². The predicted molar refractivity (Wildman–Crippen MR) is 71.5 cm³/mol. The highest BCUT2D eigenvalue weighted by Gasteiger charge is 2.24. The highest BCUT2D eigenvalue weighted by molar-refractivity contribution is 9.10. The lowest BCUT2D eigenvalue weighted by Gasteiger charge is -2.26. The molecule has 0 aliphatic rings. The van der Waals surface area contributed by atoms with E-state index in [0.29, 0.717) is 17.5 Å². The zero-order valence-corrected chi connectivity index (χ0v) is 11.8. The molecule has 0 amide bonds. The van der Waals surface area contributed by atoms with Crippen LogP contribution < -0.4 is 5.73 Å². The fraction of sp³-hybridized carbons (Fsp3) is 0.500. The number of aliphatic hydroxyl groups excluding tert-OH is 1. The lowest BCUT2D eigenvalue weighted by atomic mass is 9.86. The molecule has 90 valence electrons. The number of benzene rings is 1. The molecule has 1 aromatic rings. The summed E-state index contributed by atoms with van der Waals surface area (Å²) >= 11 is 9.34. The predicted octanol–water partition coefficient (Wildman–Crippen LogP) is 3.37. The SMILES string of the molecule is CC(C)C(CN)C(O)c1cc(Cl)ccc1Br. The van der Waals surface area contributed by atoms with Gasteiger partial charge in [0.05, 0.1) is 6.10 Å². The zero-order valence-electron chi connectivity index (χ0n) is 9.45. The van der Waals surface area contributed by atoms with E-state index in [0.717, 1.165) is 10.0 Å².